The standard InChI is InChI=1S/C25H22ClN5O2S/c26-18-10-8-17(9-11-18)21(30-14-12-29(13-15-30)19-5-2-1-3-6-19)22-24(32)31-25(34-22)27-23(28-31)20-7-4-16-33-20/h1-11,16,21,32H,12-15H2/t21-/m1/s1. The van der Waals surface area contributed by atoms with Crippen LogP contribution in [0.5, 0.6) is 5.88 Å². The number of rotatable bonds is 5. The molecule has 1 aliphatic rings. The number of benzene rings is 2. The van der Waals surface area contributed by atoms with Crippen LogP contribution in [-0.2, 0) is 0 Å². The molecule has 2 aromatic carbocycles. The minimum atomic E-state index is -0.129. The molecule has 7 nitrogen and oxygen atoms in total. The Morgan fingerprint density at radius 1 is 0.941 bits per heavy atom. The largest absolute Gasteiger partial charge is 0.492 e. The van der Waals surface area contributed by atoms with E-state index < -0.39 is 0 Å². The molecule has 0 bridgehead atoms. The molecule has 1 N–H and O–H groups in total. The second-order valence-electron chi connectivity index (χ2n) is 8.21. The lowest BCUT2D eigenvalue weighted by Gasteiger charge is -2.40. The molecule has 4 heterocycles. The Morgan fingerprint density at radius 2 is 1.71 bits per heavy atom. The highest BCUT2D eigenvalue weighted by Gasteiger charge is 2.32. The number of para-hydroxylation sites is 1. The quantitative estimate of drug-likeness (QED) is 0.359. The molecule has 0 spiro atoms. The second-order valence-corrected chi connectivity index (χ2v) is 9.66. The molecule has 0 amide bonds. The Balaban J connectivity index is 1.34. The van der Waals surface area contributed by atoms with Crippen molar-refractivity contribution in [3.63, 3.8) is 0 Å². The zero-order valence-corrected chi connectivity index (χ0v) is 19.8. The highest BCUT2D eigenvalue weighted by molar-refractivity contribution is 7.17. The third-order valence-corrected chi connectivity index (χ3v) is 7.50. The number of furan rings is 1. The van der Waals surface area contributed by atoms with Crippen molar-refractivity contribution >= 4 is 33.6 Å². The minimum Gasteiger partial charge on any atom is -0.492 e. The molecule has 1 aliphatic heterocycles. The maximum atomic E-state index is 11.2. The Morgan fingerprint density at radius 3 is 2.38 bits per heavy atom. The van der Waals surface area contributed by atoms with Crippen molar-refractivity contribution in [1.82, 2.24) is 19.5 Å². The van der Waals surface area contributed by atoms with Crippen LogP contribution in [0.25, 0.3) is 16.5 Å². The number of aromatic nitrogens is 3. The van der Waals surface area contributed by atoms with Crippen molar-refractivity contribution in [3.05, 3.63) is 88.5 Å². The number of fused-ring (bicyclic) bond motifs is 1. The summed E-state index contributed by atoms with van der Waals surface area (Å²) in [5.41, 5.74) is 2.31. The summed E-state index contributed by atoms with van der Waals surface area (Å²) < 4.78 is 6.92. The van der Waals surface area contributed by atoms with Gasteiger partial charge in [-0.2, -0.15) is 9.50 Å². The van der Waals surface area contributed by atoms with E-state index in [0.717, 1.165) is 36.6 Å². The molecular formula is C25H22ClN5O2S. The van der Waals surface area contributed by atoms with Crippen LogP contribution in [0.4, 0.5) is 5.69 Å². The van der Waals surface area contributed by atoms with Gasteiger partial charge in [-0.1, -0.05) is 53.3 Å². The predicted molar refractivity (Wildman–Crippen MR) is 134 cm³/mol. The molecular weight excluding hydrogens is 470 g/mol. The number of aromatic hydroxyl groups is 1. The SMILES string of the molecule is Oc1c([C@@H](c2ccc(Cl)cc2)N2CCN(c3ccccc3)CC2)sc2nc(-c3ccco3)nn12. The highest BCUT2D eigenvalue weighted by Crippen LogP contribution is 2.41. The Bertz CT molecular complexity index is 1390. The fourth-order valence-electron chi connectivity index (χ4n) is 4.49. The van der Waals surface area contributed by atoms with Crippen molar-refractivity contribution < 1.29 is 9.52 Å². The number of anilines is 1. The van der Waals surface area contributed by atoms with Crippen molar-refractivity contribution in [1.29, 1.82) is 0 Å². The molecule has 3 aromatic heterocycles. The van der Waals surface area contributed by atoms with Crippen LogP contribution in [0.3, 0.4) is 0 Å². The van der Waals surface area contributed by atoms with Crippen molar-refractivity contribution in [2.24, 2.45) is 0 Å². The van der Waals surface area contributed by atoms with E-state index in [2.05, 4.69) is 44.1 Å². The van der Waals surface area contributed by atoms with E-state index >= 15 is 0 Å². The number of nitrogens with zero attached hydrogens (tertiary/aromatic N) is 5. The lowest BCUT2D eigenvalue weighted by molar-refractivity contribution is 0.211. The van der Waals surface area contributed by atoms with Gasteiger partial charge in [0.05, 0.1) is 17.2 Å². The number of hydrogen-bond acceptors (Lipinski definition) is 7. The second kappa shape index (κ2) is 8.79. The van der Waals surface area contributed by atoms with Crippen molar-refractivity contribution in [2.45, 2.75) is 6.04 Å². The number of piperazine rings is 1. The van der Waals surface area contributed by atoms with Gasteiger partial charge in [-0.3, -0.25) is 4.90 Å². The molecule has 5 aromatic rings. The van der Waals surface area contributed by atoms with E-state index in [1.807, 2.05) is 30.3 Å². The molecule has 0 unspecified atom stereocenters. The lowest BCUT2D eigenvalue weighted by atomic mass is 10.0. The van der Waals surface area contributed by atoms with E-state index in [-0.39, 0.29) is 11.9 Å². The fourth-order valence-corrected chi connectivity index (χ4v) is 5.73. The van der Waals surface area contributed by atoms with Gasteiger partial charge in [0.15, 0.2) is 5.76 Å². The van der Waals surface area contributed by atoms with Crippen LogP contribution in [0, 0.1) is 0 Å². The van der Waals surface area contributed by atoms with Gasteiger partial charge in [0.25, 0.3) is 0 Å². The molecule has 6 rings (SSSR count). The molecule has 9 heteroatoms. The highest BCUT2D eigenvalue weighted by atomic mass is 35.5. The average Bonchev–Trinajstić information content (AvgIpc) is 3.61. The summed E-state index contributed by atoms with van der Waals surface area (Å²) >= 11 is 7.63. The van der Waals surface area contributed by atoms with Gasteiger partial charge in [-0.25, -0.2) is 0 Å². The third kappa shape index (κ3) is 3.83. The zero-order valence-electron chi connectivity index (χ0n) is 18.2. The summed E-state index contributed by atoms with van der Waals surface area (Å²) in [5.74, 6) is 1.14. The van der Waals surface area contributed by atoms with E-state index in [1.165, 1.54) is 21.5 Å². The van der Waals surface area contributed by atoms with E-state index in [9.17, 15) is 5.11 Å². The number of thiazole rings is 1. The first-order chi connectivity index (χ1) is 16.7. The van der Waals surface area contributed by atoms with Gasteiger partial charge in [-0.15, -0.1) is 5.10 Å². The van der Waals surface area contributed by atoms with Gasteiger partial charge < -0.3 is 14.4 Å². The Hall–Kier alpha value is -3.33. The predicted octanol–water partition coefficient (Wildman–Crippen LogP) is 5.32. The summed E-state index contributed by atoms with van der Waals surface area (Å²) in [6.45, 7) is 3.51. The minimum absolute atomic E-state index is 0.107. The van der Waals surface area contributed by atoms with Crippen LogP contribution in [0.1, 0.15) is 16.5 Å². The van der Waals surface area contributed by atoms with Gasteiger partial charge in [0, 0.05) is 36.9 Å². The molecule has 0 saturated carbocycles. The van der Waals surface area contributed by atoms with E-state index in [0.29, 0.717) is 21.6 Å². The fraction of sp³-hybridized carbons (Fsp3) is 0.200. The Labute approximate surface area is 205 Å². The molecule has 172 valence electrons. The first-order valence-corrected chi connectivity index (χ1v) is 12.3. The monoisotopic (exact) mass is 491 g/mol. The molecule has 1 fully saturated rings. The topological polar surface area (TPSA) is 70.0 Å². The zero-order chi connectivity index (χ0) is 23.1. The summed E-state index contributed by atoms with van der Waals surface area (Å²) in [5, 5.41) is 16.4. The van der Waals surface area contributed by atoms with Crippen LogP contribution in [-0.4, -0.2) is 50.8 Å². The molecule has 0 radical (unpaired) electrons. The van der Waals surface area contributed by atoms with Crippen molar-refractivity contribution in [2.75, 3.05) is 31.1 Å². The Kier molecular flexibility index (Phi) is 5.49. The number of halogens is 1. The maximum Gasteiger partial charge on any atom is 0.230 e. The van der Waals surface area contributed by atoms with E-state index in [1.54, 1.807) is 18.4 Å². The van der Waals surface area contributed by atoms with Crippen molar-refractivity contribution in [3.8, 4) is 17.5 Å². The van der Waals surface area contributed by atoms with Gasteiger partial charge in [-0.05, 0) is 42.0 Å². The molecule has 1 saturated heterocycles. The summed E-state index contributed by atoms with van der Waals surface area (Å²) in [6.07, 6.45) is 1.58. The normalized spacial score (nSPS) is 15.7. The molecule has 34 heavy (non-hydrogen) atoms. The van der Waals surface area contributed by atoms with Crippen LogP contribution in [0.15, 0.2) is 77.4 Å². The lowest BCUT2D eigenvalue weighted by Crippen LogP contribution is -2.47. The van der Waals surface area contributed by atoms with Gasteiger partial charge >= 0.3 is 0 Å². The first-order valence-electron chi connectivity index (χ1n) is 11.1. The summed E-state index contributed by atoms with van der Waals surface area (Å²) in [7, 11) is 0. The van der Waals surface area contributed by atoms with Gasteiger partial charge in [0.1, 0.15) is 0 Å². The van der Waals surface area contributed by atoms with E-state index in [4.69, 9.17) is 16.0 Å². The third-order valence-electron chi connectivity index (χ3n) is 6.18. The summed E-state index contributed by atoms with van der Waals surface area (Å²) in [4.78, 5) is 10.8. The molecule has 1 atom stereocenters. The van der Waals surface area contributed by atoms with Crippen LogP contribution >= 0.6 is 22.9 Å². The summed E-state index contributed by atoms with van der Waals surface area (Å²) in [6, 6.07) is 21.8. The van der Waals surface area contributed by atoms with Gasteiger partial charge in [0.2, 0.25) is 16.7 Å². The molecule has 0 aliphatic carbocycles. The van der Waals surface area contributed by atoms with Crippen LogP contribution < -0.4 is 4.90 Å². The number of hydrogen-bond donors (Lipinski definition) is 1. The van der Waals surface area contributed by atoms with Crippen LogP contribution in [0.2, 0.25) is 5.02 Å². The maximum absolute atomic E-state index is 11.2. The average molecular weight is 492 g/mol. The first kappa shape index (κ1) is 21.2. The smallest absolute Gasteiger partial charge is 0.230 e.